The molecule has 0 heterocycles. The van der Waals surface area contributed by atoms with Gasteiger partial charge < -0.3 is 10.1 Å². The molecule has 0 saturated heterocycles. The number of ether oxygens (including phenoxy) is 1. The van der Waals surface area contributed by atoms with Crippen LogP contribution in [0.4, 0.5) is 0 Å². The van der Waals surface area contributed by atoms with Crippen molar-refractivity contribution in [1.29, 1.82) is 5.26 Å². The van der Waals surface area contributed by atoms with Crippen LogP contribution in [0.3, 0.4) is 0 Å². The van der Waals surface area contributed by atoms with Gasteiger partial charge in [0.15, 0.2) is 6.61 Å². The van der Waals surface area contributed by atoms with Gasteiger partial charge in [-0.2, -0.15) is 5.26 Å². The van der Waals surface area contributed by atoms with Crippen molar-refractivity contribution < 1.29 is 9.53 Å². The summed E-state index contributed by atoms with van der Waals surface area (Å²) in [5.74, 6) is 0.538. The van der Waals surface area contributed by atoms with Crippen molar-refractivity contribution in [1.82, 2.24) is 5.32 Å². The van der Waals surface area contributed by atoms with Gasteiger partial charge in [0.2, 0.25) is 0 Å². The molecule has 4 nitrogen and oxygen atoms in total. The first-order valence-electron chi connectivity index (χ1n) is 6.57. The average Bonchev–Trinajstić information content (AvgIpc) is 2.44. The van der Waals surface area contributed by atoms with Crippen LogP contribution in [0.15, 0.2) is 24.3 Å². The number of benzene rings is 1. The third kappa shape index (κ3) is 5.43. The van der Waals surface area contributed by atoms with Gasteiger partial charge in [0.1, 0.15) is 5.75 Å². The van der Waals surface area contributed by atoms with Gasteiger partial charge in [-0.15, -0.1) is 0 Å². The maximum atomic E-state index is 11.6. The third-order valence-corrected chi connectivity index (χ3v) is 2.93. The number of hydrogen-bond acceptors (Lipinski definition) is 3. The van der Waals surface area contributed by atoms with Crippen molar-refractivity contribution in [2.24, 2.45) is 0 Å². The lowest BCUT2D eigenvalue weighted by Crippen LogP contribution is -2.37. The minimum absolute atomic E-state index is 0.0219. The number of nitrogens with zero attached hydrogens (tertiary/aromatic N) is 1. The molecule has 1 amide bonds. The van der Waals surface area contributed by atoms with Crippen LogP contribution in [0.1, 0.15) is 32.3 Å². The third-order valence-electron chi connectivity index (χ3n) is 2.93. The van der Waals surface area contributed by atoms with E-state index in [-0.39, 0.29) is 18.6 Å². The van der Waals surface area contributed by atoms with E-state index in [1.54, 1.807) is 12.1 Å². The molecule has 1 N–H and O–H groups in total. The van der Waals surface area contributed by atoms with Crippen LogP contribution in [0.25, 0.3) is 0 Å². The van der Waals surface area contributed by atoms with Gasteiger partial charge >= 0.3 is 0 Å². The molecule has 0 atom stereocenters. The molecule has 0 aliphatic carbocycles. The lowest BCUT2D eigenvalue weighted by atomic mass is 10.2. The Morgan fingerprint density at radius 1 is 1.32 bits per heavy atom. The molecule has 1 rings (SSSR count). The highest BCUT2D eigenvalue weighted by Gasteiger charge is 2.08. The molecule has 1 aromatic carbocycles. The lowest BCUT2D eigenvalue weighted by molar-refractivity contribution is -0.123. The zero-order valence-corrected chi connectivity index (χ0v) is 11.5. The quantitative estimate of drug-likeness (QED) is 0.819. The van der Waals surface area contributed by atoms with Crippen molar-refractivity contribution in [3.8, 4) is 11.8 Å². The van der Waals surface area contributed by atoms with E-state index in [4.69, 9.17) is 10.00 Å². The number of hydrogen-bond donors (Lipinski definition) is 1. The standard InChI is InChI=1S/C15H20N2O2/c1-3-13(4-2)17-15(18)11-19-14-7-5-12(6-8-14)9-10-16/h5-8,13H,3-4,9,11H2,1-2H3,(H,17,18). The van der Waals surface area contributed by atoms with Crippen LogP contribution in [-0.2, 0) is 11.2 Å². The van der Waals surface area contributed by atoms with E-state index < -0.39 is 0 Å². The van der Waals surface area contributed by atoms with Crippen LogP contribution < -0.4 is 10.1 Å². The molecule has 0 aliphatic heterocycles. The highest BCUT2D eigenvalue weighted by atomic mass is 16.5. The first-order chi connectivity index (χ1) is 9.19. The number of carbonyl (C=O) groups excluding carboxylic acids is 1. The summed E-state index contributed by atoms with van der Waals surface area (Å²) in [6.45, 7) is 4.11. The van der Waals surface area contributed by atoms with Crippen molar-refractivity contribution in [2.45, 2.75) is 39.2 Å². The number of nitriles is 1. The fourth-order valence-corrected chi connectivity index (χ4v) is 1.71. The van der Waals surface area contributed by atoms with Gasteiger partial charge in [-0.3, -0.25) is 4.79 Å². The summed E-state index contributed by atoms with van der Waals surface area (Å²) in [7, 11) is 0. The topological polar surface area (TPSA) is 62.1 Å². The summed E-state index contributed by atoms with van der Waals surface area (Å²) in [5, 5.41) is 11.5. The SMILES string of the molecule is CCC(CC)NC(=O)COc1ccc(CC#N)cc1. The Balaban J connectivity index is 2.39. The summed E-state index contributed by atoms with van der Waals surface area (Å²) in [4.78, 5) is 11.6. The Bertz CT molecular complexity index is 430. The van der Waals surface area contributed by atoms with Crippen molar-refractivity contribution in [3.05, 3.63) is 29.8 Å². The molecule has 0 fully saturated rings. The molecule has 0 saturated carbocycles. The van der Waals surface area contributed by atoms with E-state index in [9.17, 15) is 4.79 Å². The normalized spacial score (nSPS) is 10.0. The number of carbonyl (C=O) groups is 1. The average molecular weight is 260 g/mol. The molecule has 0 bridgehead atoms. The molecule has 4 heteroatoms. The Labute approximate surface area is 114 Å². The molecule has 1 aromatic rings. The fourth-order valence-electron chi connectivity index (χ4n) is 1.71. The van der Waals surface area contributed by atoms with Crippen molar-refractivity contribution in [2.75, 3.05) is 6.61 Å². The second kappa shape index (κ2) is 8.15. The molecule has 19 heavy (non-hydrogen) atoms. The first kappa shape index (κ1) is 15.0. The van der Waals surface area contributed by atoms with E-state index >= 15 is 0 Å². The van der Waals surface area contributed by atoms with Gasteiger partial charge in [0, 0.05) is 6.04 Å². The summed E-state index contributed by atoms with van der Waals surface area (Å²) in [6.07, 6.45) is 2.23. The van der Waals surface area contributed by atoms with Crippen molar-refractivity contribution in [3.63, 3.8) is 0 Å². The predicted octanol–water partition coefficient (Wildman–Crippen LogP) is 2.44. The minimum atomic E-state index is -0.102. The molecule has 0 radical (unpaired) electrons. The van der Waals surface area contributed by atoms with Gasteiger partial charge in [-0.05, 0) is 30.5 Å². The van der Waals surface area contributed by atoms with E-state index in [2.05, 4.69) is 11.4 Å². The fraction of sp³-hybridized carbons (Fsp3) is 0.467. The largest absolute Gasteiger partial charge is 0.484 e. The zero-order chi connectivity index (χ0) is 14.1. The van der Waals surface area contributed by atoms with Gasteiger partial charge in [-0.25, -0.2) is 0 Å². The van der Waals surface area contributed by atoms with E-state index in [1.165, 1.54) is 0 Å². The predicted molar refractivity (Wildman–Crippen MR) is 73.8 cm³/mol. The Morgan fingerprint density at radius 3 is 2.47 bits per heavy atom. The summed E-state index contributed by atoms with van der Waals surface area (Å²) in [5.41, 5.74) is 0.941. The summed E-state index contributed by atoms with van der Waals surface area (Å²) < 4.78 is 5.40. The van der Waals surface area contributed by atoms with Crippen molar-refractivity contribution >= 4 is 5.91 Å². The molecule has 0 unspecified atom stereocenters. The summed E-state index contributed by atoms with van der Waals surface area (Å²) >= 11 is 0. The number of nitrogens with one attached hydrogen (secondary N) is 1. The van der Waals surface area contributed by atoms with Crippen LogP contribution in [0.2, 0.25) is 0 Å². The maximum Gasteiger partial charge on any atom is 0.258 e. The number of amides is 1. The van der Waals surface area contributed by atoms with Crippen LogP contribution in [0.5, 0.6) is 5.75 Å². The monoisotopic (exact) mass is 260 g/mol. The Morgan fingerprint density at radius 2 is 1.95 bits per heavy atom. The maximum absolute atomic E-state index is 11.6. The molecular weight excluding hydrogens is 240 g/mol. The van der Waals surface area contributed by atoms with E-state index in [0.717, 1.165) is 18.4 Å². The summed E-state index contributed by atoms with van der Waals surface area (Å²) in [6, 6.07) is 9.51. The Hall–Kier alpha value is -2.02. The van der Waals surface area contributed by atoms with Gasteiger partial charge in [0.25, 0.3) is 5.91 Å². The van der Waals surface area contributed by atoms with Crippen LogP contribution in [0, 0.1) is 11.3 Å². The second-order valence-corrected chi connectivity index (χ2v) is 4.35. The molecule has 102 valence electrons. The number of rotatable bonds is 7. The second-order valence-electron chi connectivity index (χ2n) is 4.35. The molecule has 0 spiro atoms. The van der Waals surface area contributed by atoms with Crippen LogP contribution >= 0.6 is 0 Å². The van der Waals surface area contributed by atoms with E-state index in [1.807, 2.05) is 26.0 Å². The zero-order valence-electron chi connectivity index (χ0n) is 11.5. The molecule has 0 aliphatic rings. The molecular formula is C15H20N2O2. The Kier molecular flexibility index (Phi) is 6.45. The van der Waals surface area contributed by atoms with Gasteiger partial charge in [0.05, 0.1) is 12.5 Å². The van der Waals surface area contributed by atoms with Gasteiger partial charge in [-0.1, -0.05) is 26.0 Å². The highest BCUT2D eigenvalue weighted by Crippen LogP contribution is 2.12. The smallest absolute Gasteiger partial charge is 0.258 e. The minimum Gasteiger partial charge on any atom is -0.484 e. The first-order valence-corrected chi connectivity index (χ1v) is 6.57. The van der Waals surface area contributed by atoms with E-state index in [0.29, 0.717) is 12.2 Å². The highest BCUT2D eigenvalue weighted by molar-refractivity contribution is 5.77. The molecule has 0 aromatic heterocycles. The lowest BCUT2D eigenvalue weighted by Gasteiger charge is -2.15. The van der Waals surface area contributed by atoms with Crippen LogP contribution in [-0.4, -0.2) is 18.6 Å².